The van der Waals surface area contributed by atoms with Crippen LogP contribution in [0.25, 0.3) is 33.7 Å². The van der Waals surface area contributed by atoms with Crippen LogP contribution in [0.4, 0.5) is 0 Å². The van der Waals surface area contributed by atoms with Crippen molar-refractivity contribution in [2.45, 2.75) is 6.92 Å². The number of halogens is 1. The lowest BCUT2D eigenvalue weighted by Crippen LogP contribution is -2.22. The summed E-state index contributed by atoms with van der Waals surface area (Å²) >= 11 is 8.87. The minimum atomic E-state index is -0.108. The number of rotatable bonds is 3. The lowest BCUT2D eigenvalue weighted by molar-refractivity contribution is 0.894. The van der Waals surface area contributed by atoms with Gasteiger partial charge in [0.25, 0.3) is 5.56 Å². The number of nitrogens with one attached hydrogen (secondary N) is 1. The zero-order valence-electron chi connectivity index (χ0n) is 16.4. The second kappa shape index (κ2) is 7.72. The molecule has 2 aromatic heterocycles. The van der Waals surface area contributed by atoms with Gasteiger partial charge >= 0.3 is 0 Å². The number of fused-ring (bicyclic) bond motifs is 1. The van der Waals surface area contributed by atoms with Crippen LogP contribution in [0.1, 0.15) is 5.82 Å². The van der Waals surface area contributed by atoms with E-state index in [9.17, 15) is 4.79 Å². The summed E-state index contributed by atoms with van der Waals surface area (Å²) in [7, 11) is 0. The molecule has 0 amide bonds. The zero-order chi connectivity index (χ0) is 21.5. The summed E-state index contributed by atoms with van der Waals surface area (Å²) in [4.78, 5) is 17.8. The molecule has 0 spiro atoms. The summed E-state index contributed by atoms with van der Waals surface area (Å²) in [5.41, 5.74) is 3.11. The van der Waals surface area contributed by atoms with Gasteiger partial charge in [-0.1, -0.05) is 34.1 Å². The molecule has 0 aliphatic carbocycles. The summed E-state index contributed by atoms with van der Waals surface area (Å²) in [5.74, 6) is 1.33. The van der Waals surface area contributed by atoms with Crippen molar-refractivity contribution >= 4 is 39.1 Å². The van der Waals surface area contributed by atoms with E-state index in [1.807, 2.05) is 78.2 Å². The van der Waals surface area contributed by atoms with E-state index in [1.165, 1.54) is 0 Å². The molecule has 6 nitrogen and oxygen atoms in total. The molecule has 0 aliphatic rings. The molecule has 5 rings (SSSR count). The second-order valence-electron chi connectivity index (χ2n) is 7.03. The molecule has 0 bridgehead atoms. The summed E-state index contributed by atoms with van der Waals surface area (Å²) in [6.45, 7) is 1.83. The van der Waals surface area contributed by atoms with Gasteiger partial charge in [0.15, 0.2) is 10.6 Å². The quantitative estimate of drug-likeness (QED) is 0.346. The number of H-pyrrole nitrogens is 1. The number of aromatic amines is 1. The molecule has 0 atom stereocenters. The number of aromatic nitrogens is 5. The Bertz CT molecular complexity index is 1540. The van der Waals surface area contributed by atoms with Gasteiger partial charge < -0.3 is 0 Å². The molecule has 5 aromatic rings. The van der Waals surface area contributed by atoms with E-state index < -0.39 is 0 Å². The Kier molecular flexibility index (Phi) is 4.88. The van der Waals surface area contributed by atoms with E-state index in [2.05, 4.69) is 31.1 Å². The minimum Gasteiger partial charge on any atom is -0.268 e. The van der Waals surface area contributed by atoms with Crippen molar-refractivity contribution < 1.29 is 0 Å². The molecule has 152 valence electrons. The van der Waals surface area contributed by atoms with E-state index in [-0.39, 0.29) is 5.56 Å². The minimum absolute atomic E-state index is 0.108. The van der Waals surface area contributed by atoms with Crippen LogP contribution in [0.15, 0.2) is 82.1 Å². The topological polar surface area (TPSA) is 68.5 Å². The van der Waals surface area contributed by atoms with Crippen LogP contribution in [-0.4, -0.2) is 24.3 Å². The second-order valence-corrected chi connectivity index (χ2v) is 8.33. The first kappa shape index (κ1) is 19.6. The van der Waals surface area contributed by atoms with Crippen molar-refractivity contribution in [3.05, 3.63) is 98.2 Å². The normalized spacial score (nSPS) is 11.2. The fourth-order valence-electron chi connectivity index (χ4n) is 3.64. The van der Waals surface area contributed by atoms with Crippen LogP contribution in [-0.2, 0) is 0 Å². The first-order valence-corrected chi connectivity index (χ1v) is 10.8. The van der Waals surface area contributed by atoms with E-state index in [4.69, 9.17) is 12.2 Å². The van der Waals surface area contributed by atoms with Crippen LogP contribution in [0, 0.1) is 11.7 Å². The lowest BCUT2D eigenvalue weighted by atomic mass is 10.1. The fraction of sp³-hybridized carbons (Fsp3) is 0.0435. The fourth-order valence-corrected chi connectivity index (χ4v) is 4.24. The van der Waals surface area contributed by atoms with E-state index in [1.54, 1.807) is 10.6 Å². The maximum atomic E-state index is 13.2. The molecule has 2 heterocycles. The smallest absolute Gasteiger partial charge is 0.265 e. The summed E-state index contributed by atoms with van der Waals surface area (Å²) in [6, 6.07) is 23.0. The van der Waals surface area contributed by atoms with Crippen molar-refractivity contribution in [1.82, 2.24) is 24.3 Å². The molecule has 3 aromatic carbocycles. The molecular formula is C23H16BrN5OS. The Balaban J connectivity index is 1.62. The van der Waals surface area contributed by atoms with Gasteiger partial charge in [0.05, 0.1) is 16.6 Å². The van der Waals surface area contributed by atoms with Crippen molar-refractivity contribution in [1.29, 1.82) is 0 Å². The number of benzene rings is 3. The van der Waals surface area contributed by atoms with E-state index in [0.29, 0.717) is 27.3 Å². The van der Waals surface area contributed by atoms with Crippen LogP contribution >= 0.6 is 28.1 Å². The Labute approximate surface area is 191 Å². The number of para-hydroxylation sites is 1. The highest BCUT2D eigenvalue weighted by Gasteiger charge is 2.13. The molecule has 0 saturated heterocycles. The van der Waals surface area contributed by atoms with Gasteiger partial charge in [-0.2, -0.15) is 5.10 Å². The predicted molar refractivity (Wildman–Crippen MR) is 128 cm³/mol. The first-order chi connectivity index (χ1) is 15.0. The van der Waals surface area contributed by atoms with Crippen LogP contribution in [0.3, 0.4) is 0 Å². The summed E-state index contributed by atoms with van der Waals surface area (Å²) in [5, 5.41) is 7.84. The molecule has 8 heteroatoms. The third-order valence-corrected chi connectivity index (χ3v) is 5.84. The van der Waals surface area contributed by atoms with Gasteiger partial charge in [0.2, 0.25) is 0 Å². The maximum absolute atomic E-state index is 13.2. The zero-order valence-corrected chi connectivity index (χ0v) is 18.8. The van der Waals surface area contributed by atoms with Gasteiger partial charge in [-0.05, 0) is 73.7 Å². The largest absolute Gasteiger partial charge is 0.268 e. The molecule has 31 heavy (non-hydrogen) atoms. The standard InChI is InChI=1S/C23H16BrN5OS/c1-14-25-20-12-9-16(24)13-19(20)22(30)28(14)18-10-7-15(8-11-18)21-26-27-23(31)29(21)17-5-3-2-4-6-17/h2-13H,1H3,(H,27,31). The van der Waals surface area contributed by atoms with Crippen molar-refractivity contribution in [3.8, 4) is 22.8 Å². The van der Waals surface area contributed by atoms with Crippen molar-refractivity contribution in [3.63, 3.8) is 0 Å². The number of nitrogens with zero attached hydrogens (tertiary/aromatic N) is 4. The highest BCUT2D eigenvalue weighted by atomic mass is 79.9. The molecule has 0 aliphatic heterocycles. The van der Waals surface area contributed by atoms with Gasteiger partial charge in [0, 0.05) is 15.7 Å². The van der Waals surface area contributed by atoms with Gasteiger partial charge in [-0.15, -0.1) is 0 Å². The average Bonchev–Trinajstić information content (AvgIpc) is 3.17. The molecular weight excluding hydrogens is 474 g/mol. The van der Waals surface area contributed by atoms with Crippen LogP contribution < -0.4 is 5.56 Å². The SMILES string of the molecule is Cc1nc2ccc(Br)cc2c(=O)n1-c1ccc(-c2n[nH]c(=S)n2-c2ccccc2)cc1. The van der Waals surface area contributed by atoms with Crippen molar-refractivity contribution in [2.75, 3.05) is 0 Å². The van der Waals surface area contributed by atoms with Gasteiger partial charge in [-0.25, -0.2) is 4.98 Å². The molecule has 0 saturated carbocycles. The highest BCUT2D eigenvalue weighted by Crippen LogP contribution is 2.23. The van der Waals surface area contributed by atoms with Gasteiger partial charge in [-0.3, -0.25) is 19.0 Å². The van der Waals surface area contributed by atoms with Gasteiger partial charge in [0.1, 0.15) is 5.82 Å². The number of aryl methyl sites for hydroxylation is 1. The van der Waals surface area contributed by atoms with E-state index >= 15 is 0 Å². The van der Waals surface area contributed by atoms with E-state index in [0.717, 1.165) is 21.4 Å². The monoisotopic (exact) mass is 489 g/mol. The molecule has 0 fully saturated rings. The lowest BCUT2D eigenvalue weighted by Gasteiger charge is -2.12. The Hall–Kier alpha value is -3.36. The first-order valence-electron chi connectivity index (χ1n) is 9.55. The molecule has 1 N–H and O–H groups in total. The van der Waals surface area contributed by atoms with Crippen LogP contribution in [0.5, 0.6) is 0 Å². The van der Waals surface area contributed by atoms with Crippen molar-refractivity contribution in [2.24, 2.45) is 0 Å². The average molecular weight is 490 g/mol. The highest BCUT2D eigenvalue weighted by molar-refractivity contribution is 9.10. The Morgan fingerprint density at radius 1 is 0.935 bits per heavy atom. The number of hydrogen-bond acceptors (Lipinski definition) is 4. The predicted octanol–water partition coefficient (Wildman–Crippen LogP) is 5.37. The Morgan fingerprint density at radius 2 is 1.65 bits per heavy atom. The Morgan fingerprint density at radius 3 is 2.39 bits per heavy atom. The molecule has 0 unspecified atom stereocenters. The third kappa shape index (κ3) is 3.43. The van der Waals surface area contributed by atoms with Crippen LogP contribution in [0.2, 0.25) is 0 Å². The summed E-state index contributed by atoms with van der Waals surface area (Å²) in [6.07, 6.45) is 0. The number of hydrogen-bond donors (Lipinski definition) is 1. The third-order valence-electron chi connectivity index (χ3n) is 5.07. The summed E-state index contributed by atoms with van der Waals surface area (Å²) < 4.78 is 4.86. The maximum Gasteiger partial charge on any atom is 0.265 e. The molecule has 0 radical (unpaired) electrons.